The lowest BCUT2D eigenvalue weighted by atomic mass is 10.0. The maximum absolute atomic E-state index is 11.1. The lowest BCUT2D eigenvalue weighted by Crippen LogP contribution is -2.29. The number of aliphatic hydroxyl groups excluding tert-OH is 2. The first-order valence-corrected chi connectivity index (χ1v) is 5.34. The zero-order valence-corrected chi connectivity index (χ0v) is 9.40. The molecule has 2 aromatic rings. The molecule has 0 saturated carbocycles. The van der Waals surface area contributed by atoms with Crippen molar-refractivity contribution >= 4 is 11.0 Å². The molecule has 5 N–H and O–H groups in total. The van der Waals surface area contributed by atoms with Crippen molar-refractivity contribution < 1.29 is 10.2 Å². The monoisotopic (exact) mass is 237 g/mol. The summed E-state index contributed by atoms with van der Waals surface area (Å²) in [7, 11) is 1.70. The molecule has 0 bridgehead atoms. The number of hydrogen-bond acceptors (Lipinski definition) is 4. The maximum atomic E-state index is 11.1. The Balaban J connectivity index is 2.32. The number of rotatable bonds is 4. The topological polar surface area (TPSA) is 101 Å². The van der Waals surface area contributed by atoms with Crippen LogP contribution in [0.15, 0.2) is 23.0 Å². The van der Waals surface area contributed by atoms with Crippen molar-refractivity contribution in [1.29, 1.82) is 0 Å². The lowest BCUT2D eigenvalue weighted by Gasteiger charge is -2.17. The van der Waals surface area contributed by atoms with E-state index in [-0.39, 0.29) is 5.69 Å². The maximum Gasteiger partial charge on any atom is 0.323 e. The predicted molar refractivity (Wildman–Crippen MR) is 63.8 cm³/mol. The van der Waals surface area contributed by atoms with Gasteiger partial charge < -0.3 is 25.5 Å². The van der Waals surface area contributed by atoms with Gasteiger partial charge in [0.2, 0.25) is 0 Å². The summed E-state index contributed by atoms with van der Waals surface area (Å²) in [5.41, 5.74) is 1.56. The van der Waals surface area contributed by atoms with Crippen LogP contribution in [0.25, 0.3) is 11.0 Å². The van der Waals surface area contributed by atoms with Gasteiger partial charge in [0.15, 0.2) is 0 Å². The Kier molecular flexibility index (Phi) is 3.28. The van der Waals surface area contributed by atoms with Crippen molar-refractivity contribution in [2.75, 3.05) is 13.6 Å². The minimum Gasteiger partial charge on any atom is -0.389 e. The Morgan fingerprint density at radius 1 is 1.29 bits per heavy atom. The second kappa shape index (κ2) is 4.70. The molecule has 1 heterocycles. The van der Waals surface area contributed by atoms with Crippen molar-refractivity contribution in [1.82, 2.24) is 15.3 Å². The quantitative estimate of drug-likeness (QED) is 0.493. The molecule has 2 rings (SSSR count). The molecular weight excluding hydrogens is 222 g/mol. The molecule has 1 aromatic heterocycles. The molecule has 0 aliphatic carbocycles. The highest BCUT2D eigenvalue weighted by Crippen LogP contribution is 2.19. The molecule has 0 amide bonds. The van der Waals surface area contributed by atoms with E-state index < -0.39 is 12.2 Å². The van der Waals surface area contributed by atoms with Gasteiger partial charge in [-0.15, -0.1) is 0 Å². The molecule has 17 heavy (non-hydrogen) atoms. The number of H-pyrrole nitrogens is 2. The van der Waals surface area contributed by atoms with Gasteiger partial charge in [-0.1, -0.05) is 6.07 Å². The average Bonchev–Trinajstić information content (AvgIpc) is 2.67. The molecule has 0 aliphatic rings. The van der Waals surface area contributed by atoms with Crippen molar-refractivity contribution in [2.24, 2.45) is 0 Å². The van der Waals surface area contributed by atoms with Crippen molar-refractivity contribution in [3.05, 3.63) is 34.2 Å². The first-order valence-electron chi connectivity index (χ1n) is 5.34. The molecule has 0 saturated heterocycles. The summed E-state index contributed by atoms with van der Waals surface area (Å²) in [6, 6.07) is 5.02. The Morgan fingerprint density at radius 3 is 2.71 bits per heavy atom. The number of benzene rings is 1. The van der Waals surface area contributed by atoms with Crippen LogP contribution < -0.4 is 11.0 Å². The van der Waals surface area contributed by atoms with E-state index in [0.29, 0.717) is 23.1 Å². The third-order valence-corrected chi connectivity index (χ3v) is 2.66. The number of fused-ring (bicyclic) bond motifs is 1. The van der Waals surface area contributed by atoms with Crippen LogP contribution in [-0.2, 0) is 0 Å². The van der Waals surface area contributed by atoms with Crippen LogP contribution in [0.3, 0.4) is 0 Å². The number of aromatic amines is 2. The lowest BCUT2D eigenvalue weighted by molar-refractivity contribution is 0.0203. The van der Waals surface area contributed by atoms with Crippen molar-refractivity contribution in [3.8, 4) is 0 Å². The van der Waals surface area contributed by atoms with E-state index in [1.165, 1.54) is 0 Å². The molecule has 1 aromatic carbocycles. The van der Waals surface area contributed by atoms with Crippen LogP contribution >= 0.6 is 0 Å². The van der Waals surface area contributed by atoms with E-state index in [2.05, 4.69) is 15.3 Å². The summed E-state index contributed by atoms with van der Waals surface area (Å²) in [6.45, 7) is 0.295. The van der Waals surface area contributed by atoms with Crippen LogP contribution in [0.2, 0.25) is 0 Å². The summed E-state index contributed by atoms with van der Waals surface area (Å²) in [4.78, 5) is 16.3. The minimum absolute atomic E-state index is 0.289. The molecular formula is C11H15N3O3. The molecule has 0 fully saturated rings. The Morgan fingerprint density at radius 2 is 2.00 bits per heavy atom. The zero-order chi connectivity index (χ0) is 12.4. The first-order chi connectivity index (χ1) is 8.11. The molecule has 0 radical (unpaired) electrons. The van der Waals surface area contributed by atoms with Crippen molar-refractivity contribution in [3.63, 3.8) is 0 Å². The fraction of sp³-hybridized carbons (Fsp3) is 0.364. The Labute approximate surface area is 97.3 Å². The zero-order valence-electron chi connectivity index (χ0n) is 9.40. The number of aromatic nitrogens is 2. The number of hydrogen-bond donors (Lipinski definition) is 5. The summed E-state index contributed by atoms with van der Waals surface area (Å²) < 4.78 is 0. The predicted octanol–water partition coefficient (Wildman–Crippen LogP) is -0.530. The Bertz CT molecular complexity index is 560. The fourth-order valence-corrected chi connectivity index (χ4v) is 1.78. The Hall–Kier alpha value is -1.63. The second-order valence-corrected chi connectivity index (χ2v) is 3.95. The third kappa shape index (κ3) is 2.38. The van der Waals surface area contributed by atoms with E-state index in [1.54, 1.807) is 25.2 Å². The van der Waals surface area contributed by atoms with E-state index >= 15 is 0 Å². The van der Waals surface area contributed by atoms with E-state index in [0.717, 1.165) is 0 Å². The van der Waals surface area contributed by atoms with E-state index in [1.807, 2.05) is 0 Å². The van der Waals surface area contributed by atoms with Gasteiger partial charge in [0.1, 0.15) is 6.10 Å². The second-order valence-electron chi connectivity index (χ2n) is 3.95. The molecule has 92 valence electrons. The van der Waals surface area contributed by atoms with Crippen LogP contribution in [0.4, 0.5) is 0 Å². The highest BCUT2D eigenvalue weighted by molar-refractivity contribution is 5.75. The minimum atomic E-state index is -0.981. The molecule has 0 spiro atoms. The van der Waals surface area contributed by atoms with E-state index in [4.69, 9.17) is 0 Å². The van der Waals surface area contributed by atoms with Crippen LogP contribution in [0, 0.1) is 0 Å². The molecule has 6 heteroatoms. The van der Waals surface area contributed by atoms with Crippen LogP contribution in [-0.4, -0.2) is 39.9 Å². The van der Waals surface area contributed by atoms with Gasteiger partial charge in [-0.3, -0.25) is 0 Å². The molecule has 2 unspecified atom stereocenters. The number of imidazole rings is 1. The van der Waals surface area contributed by atoms with Crippen LogP contribution in [0.1, 0.15) is 11.7 Å². The molecule has 2 atom stereocenters. The summed E-state index contributed by atoms with van der Waals surface area (Å²) >= 11 is 0. The van der Waals surface area contributed by atoms with Gasteiger partial charge in [0.05, 0.1) is 17.1 Å². The fourth-order valence-electron chi connectivity index (χ4n) is 1.78. The summed E-state index contributed by atoms with van der Waals surface area (Å²) in [5, 5.41) is 22.3. The smallest absolute Gasteiger partial charge is 0.323 e. The van der Waals surface area contributed by atoms with Gasteiger partial charge in [-0.25, -0.2) is 4.79 Å². The van der Waals surface area contributed by atoms with Gasteiger partial charge in [0, 0.05) is 6.54 Å². The van der Waals surface area contributed by atoms with Gasteiger partial charge in [0.25, 0.3) is 0 Å². The van der Waals surface area contributed by atoms with E-state index in [9.17, 15) is 15.0 Å². The third-order valence-electron chi connectivity index (χ3n) is 2.66. The largest absolute Gasteiger partial charge is 0.389 e. The van der Waals surface area contributed by atoms with Gasteiger partial charge in [-0.05, 0) is 24.7 Å². The number of aliphatic hydroxyl groups is 2. The highest BCUT2D eigenvalue weighted by Gasteiger charge is 2.17. The standard InChI is InChI=1S/C11H15N3O3/c1-12-5-9(15)10(16)6-2-3-7-8(4-6)14-11(17)13-7/h2-4,9-10,12,15-16H,5H2,1H3,(H2,13,14,17). The molecule has 0 aliphatic heterocycles. The summed E-state index contributed by atoms with van der Waals surface area (Å²) in [5.74, 6) is 0. The number of likely N-dealkylation sites (N-methyl/N-ethyl adjacent to an activating group) is 1. The number of nitrogens with one attached hydrogen (secondary N) is 3. The molecule has 6 nitrogen and oxygen atoms in total. The normalized spacial score (nSPS) is 15.0. The first kappa shape index (κ1) is 11.8. The average molecular weight is 237 g/mol. The van der Waals surface area contributed by atoms with Crippen molar-refractivity contribution in [2.45, 2.75) is 12.2 Å². The van der Waals surface area contributed by atoms with Gasteiger partial charge >= 0.3 is 5.69 Å². The summed E-state index contributed by atoms with van der Waals surface area (Å²) in [6.07, 6.45) is -1.87. The van der Waals surface area contributed by atoms with Crippen LogP contribution in [0.5, 0.6) is 0 Å². The van der Waals surface area contributed by atoms with Gasteiger partial charge in [-0.2, -0.15) is 0 Å². The highest BCUT2D eigenvalue weighted by atomic mass is 16.3. The SMILES string of the molecule is CNCC(O)C(O)c1ccc2[nH]c(=O)[nH]c2c1.